The van der Waals surface area contributed by atoms with Crippen molar-refractivity contribution in [3.8, 4) is 6.07 Å². The quantitative estimate of drug-likeness (QED) is 0.791. The van der Waals surface area contributed by atoms with E-state index in [4.69, 9.17) is 5.26 Å². The first kappa shape index (κ1) is 21.6. The lowest BCUT2D eigenvalue weighted by Crippen LogP contribution is -2.44. The number of alkyl halides is 3. The lowest BCUT2D eigenvalue weighted by molar-refractivity contribution is -0.137. The number of halogens is 3. The van der Waals surface area contributed by atoms with E-state index in [1.165, 1.54) is 6.07 Å². The molecule has 0 spiro atoms. The fourth-order valence-electron chi connectivity index (χ4n) is 2.31. The zero-order chi connectivity index (χ0) is 21.1. The summed E-state index contributed by atoms with van der Waals surface area (Å²) in [6.45, 7) is 2.98. The minimum atomic E-state index is -4.78. The van der Waals surface area contributed by atoms with E-state index in [0.717, 1.165) is 24.6 Å². The van der Waals surface area contributed by atoms with E-state index in [-0.39, 0.29) is 5.69 Å². The van der Waals surface area contributed by atoms with Gasteiger partial charge in [0.15, 0.2) is 5.60 Å². The third-order valence-corrected chi connectivity index (χ3v) is 5.51. The maximum absolute atomic E-state index is 13.0. The maximum atomic E-state index is 13.0. The molecule has 0 heterocycles. The first-order valence-corrected chi connectivity index (χ1v) is 9.36. The van der Waals surface area contributed by atoms with Crippen molar-refractivity contribution in [1.29, 1.82) is 5.26 Å². The van der Waals surface area contributed by atoms with E-state index in [9.17, 15) is 27.3 Å². The van der Waals surface area contributed by atoms with Crippen LogP contribution in [0.4, 0.5) is 18.9 Å². The smallest absolute Gasteiger partial charge is 0.379 e. The fourth-order valence-corrected chi connectivity index (χ4v) is 3.56. The Morgan fingerprint density at radius 3 is 2.36 bits per heavy atom. The molecule has 0 saturated heterocycles. The number of rotatable bonds is 5. The molecule has 5 nitrogen and oxygen atoms in total. The van der Waals surface area contributed by atoms with Crippen LogP contribution in [0.3, 0.4) is 0 Å². The summed E-state index contributed by atoms with van der Waals surface area (Å²) in [7, 11) is -1.70. The van der Waals surface area contributed by atoms with Gasteiger partial charge in [0.25, 0.3) is 5.91 Å². The summed E-state index contributed by atoms with van der Waals surface area (Å²) in [6.07, 6.45) is -4.78. The van der Waals surface area contributed by atoms with Crippen molar-refractivity contribution >= 4 is 22.4 Å². The van der Waals surface area contributed by atoms with Crippen LogP contribution < -0.4 is 5.32 Å². The molecule has 9 heteroatoms. The molecule has 2 atom stereocenters. The highest BCUT2D eigenvalue weighted by atomic mass is 32.2. The molecular weight excluding hydrogens is 393 g/mol. The van der Waals surface area contributed by atoms with Gasteiger partial charge >= 0.3 is 6.18 Å². The highest BCUT2D eigenvalue weighted by molar-refractivity contribution is 7.85. The fraction of sp³-hybridized carbons (Fsp3) is 0.263. The Morgan fingerprint density at radius 2 is 1.82 bits per heavy atom. The third-order valence-electron chi connectivity index (χ3n) is 3.89. The highest BCUT2D eigenvalue weighted by Gasteiger charge is 2.36. The van der Waals surface area contributed by atoms with E-state index in [1.807, 2.05) is 6.92 Å². The summed E-state index contributed by atoms with van der Waals surface area (Å²) < 4.78 is 51.4. The number of benzene rings is 2. The number of hydrogen-bond acceptors (Lipinski definition) is 4. The number of carbonyl (C=O) groups is 1. The second-order valence-electron chi connectivity index (χ2n) is 6.40. The monoisotopic (exact) mass is 410 g/mol. The summed E-state index contributed by atoms with van der Waals surface area (Å²) in [5.74, 6) is -1.45. The number of nitriles is 1. The molecule has 0 aliphatic carbocycles. The molecular formula is C19H17F3N2O3S. The van der Waals surface area contributed by atoms with Crippen molar-refractivity contribution in [2.75, 3.05) is 11.1 Å². The topological polar surface area (TPSA) is 90.2 Å². The SMILES string of the molecule is Cc1ccc(S(=O)CC(C)(O)C(=O)Nc2ccc(C#N)c(C(F)(F)F)c2)cc1. The van der Waals surface area contributed by atoms with E-state index in [1.54, 1.807) is 24.3 Å². The number of hydrogen-bond donors (Lipinski definition) is 2. The molecule has 0 aromatic heterocycles. The van der Waals surface area contributed by atoms with Crippen molar-refractivity contribution < 1.29 is 27.3 Å². The summed E-state index contributed by atoms with van der Waals surface area (Å²) in [6, 6.07) is 10.8. The maximum Gasteiger partial charge on any atom is 0.417 e. The van der Waals surface area contributed by atoms with E-state index >= 15 is 0 Å². The van der Waals surface area contributed by atoms with Gasteiger partial charge in [-0.15, -0.1) is 0 Å². The van der Waals surface area contributed by atoms with Gasteiger partial charge in [-0.3, -0.25) is 9.00 Å². The van der Waals surface area contributed by atoms with E-state index in [2.05, 4.69) is 5.32 Å². The van der Waals surface area contributed by atoms with Crippen LogP contribution in [0.2, 0.25) is 0 Å². The summed E-state index contributed by atoms with van der Waals surface area (Å²) in [5.41, 5.74) is -3.17. The van der Waals surface area contributed by atoms with Gasteiger partial charge in [-0.05, 0) is 44.2 Å². The zero-order valence-electron chi connectivity index (χ0n) is 15.0. The largest absolute Gasteiger partial charge is 0.417 e. The third kappa shape index (κ3) is 5.18. The van der Waals surface area contributed by atoms with Crippen LogP contribution in [0.15, 0.2) is 47.4 Å². The Bertz CT molecular complexity index is 948. The first-order valence-electron chi connectivity index (χ1n) is 8.04. The second-order valence-corrected chi connectivity index (χ2v) is 7.85. The van der Waals surface area contributed by atoms with Gasteiger partial charge in [0, 0.05) is 10.6 Å². The van der Waals surface area contributed by atoms with Crippen LogP contribution in [0.25, 0.3) is 0 Å². The summed E-state index contributed by atoms with van der Waals surface area (Å²) >= 11 is 0. The normalized spacial score (nSPS) is 14.6. The number of amides is 1. The average molecular weight is 410 g/mol. The number of carbonyl (C=O) groups excluding carboxylic acids is 1. The minimum Gasteiger partial charge on any atom is -0.379 e. The zero-order valence-corrected chi connectivity index (χ0v) is 15.8. The predicted octanol–water partition coefficient (Wildman–Crippen LogP) is 3.38. The van der Waals surface area contributed by atoms with Gasteiger partial charge in [0.2, 0.25) is 0 Å². The van der Waals surface area contributed by atoms with Gasteiger partial charge in [0.1, 0.15) is 0 Å². The van der Waals surface area contributed by atoms with Crippen LogP contribution in [-0.2, 0) is 21.8 Å². The van der Waals surface area contributed by atoms with Gasteiger partial charge in [-0.25, -0.2) is 0 Å². The number of aryl methyl sites for hydroxylation is 1. The van der Waals surface area contributed by atoms with Crippen molar-refractivity contribution in [3.05, 3.63) is 59.2 Å². The van der Waals surface area contributed by atoms with Crippen molar-refractivity contribution in [2.24, 2.45) is 0 Å². The molecule has 0 saturated carbocycles. The molecule has 2 aromatic carbocycles. The molecule has 2 aromatic rings. The Morgan fingerprint density at radius 1 is 1.21 bits per heavy atom. The number of nitrogens with zero attached hydrogens (tertiary/aromatic N) is 1. The first-order chi connectivity index (χ1) is 12.9. The molecule has 0 aliphatic rings. The van der Waals surface area contributed by atoms with Crippen LogP contribution in [0.5, 0.6) is 0 Å². The molecule has 1 amide bonds. The lowest BCUT2D eigenvalue weighted by Gasteiger charge is -2.22. The molecule has 2 rings (SSSR count). The molecule has 0 fully saturated rings. The molecule has 2 unspecified atom stereocenters. The van der Waals surface area contributed by atoms with Crippen molar-refractivity contribution in [3.63, 3.8) is 0 Å². The van der Waals surface area contributed by atoms with Crippen molar-refractivity contribution in [1.82, 2.24) is 0 Å². The Labute approximate surface area is 162 Å². The van der Waals surface area contributed by atoms with Crippen LogP contribution >= 0.6 is 0 Å². The lowest BCUT2D eigenvalue weighted by atomic mass is 10.1. The Hall–Kier alpha value is -2.70. The predicted molar refractivity (Wildman–Crippen MR) is 97.9 cm³/mol. The average Bonchev–Trinajstić information content (AvgIpc) is 2.61. The van der Waals surface area contributed by atoms with Crippen LogP contribution in [0.1, 0.15) is 23.6 Å². The van der Waals surface area contributed by atoms with Crippen molar-refractivity contribution in [2.45, 2.75) is 30.5 Å². The Balaban J connectivity index is 2.18. The number of nitrogens with one attached hydrogen (secondary N) is 1. The van der Waals surface area contributed by atoms with Crippen LogP contribution in [-0.4, -0.2) is 26.6 Å². The molecule has 148 valence electrons. The molecule has 0 aliphatic heterocycles. The van der Waals surface area contributed by atoms with E-state index in [0.29, 0.717) is 11.0 Å². The van der Waals surface area contributed by atoms with Gasteiger partial charge < -0.3 is 10.4 Å². The molecule has 0 radical (unpaired) electrons. The molecule has 0 bridgehead atoms. The Kier molecular flexibility index (Phi) is 6.27. The summed E-state index contributed by atoms with van der Waals surface area (Å²) in [5, 5.41) is 21.4. The number of anilines is 1. The van der Waals surface area contributed by atoms with Gasteiger partial charge in [0.05, 0.1) is 33.7 Å². The number of aliphatic hydroxyl groups is 1. The van der Waals surface area contributed by atoms with Gasteiger partial charge in [-0.1, -0.05) is 17.7 Å². The van der Waals surface area contributed by atoms with Crippen LogP contribution in [0, 0.1) is 18.3 Å². The van der Waals surface area contributed by atoms with E-state index < -0.39 is 45.4 Å². The standard InChI is InChI=1S/C19H17F3N2O3S/c1-12-3-7-15(8-4-12)28(27)11-18(2,26)17(25)24-14-6-5-13(10-23)16(9-14)19(20,21)22/h3-9,26H,11H2,1-2H3,(H,24,25). The molecule has 2 N–H and O–H groups in total. The highest BCUT2D eigenvalue weighted by Crippen LogP contribution is 2.33. The minimum absolute atomic E-state index is 0.238. The summed E-state index contributed by atoms with van der Waals surface area (Å²) in [4.78, 5) is 12.7. The van der Waals surface area contributed by atoms with Gasteiger partial charge in [-0.2, -0.15) is 18.4 Å². The molecule has 28 heavy (non-hydrogen) atoms. The second kappa shape index (κ2) is 8.12.